The van der Waals surface area contributed by atoms with Gasteiger partial charge in [0.15, 0.2) is 0 Å². The van der Waals surface area contributed by atoms with Crippen molar-refractivity contribution in [3.63, 3.8) is 0 Å². The number of amides is 2. The highest BCUT2D eigenvalue weighted by molar-refractivity contribution is 6.01. The van der Waals surface area contributed by atoms with E-state index in [1.54, 1.807) is 6.07 Å². The van der Waals surface area contributed by atoms with Crippen molar-refractivity contribution in [2.24, 2.45) is 0 Å². The normalized spacial score (nSPS) is 14.5. The minimum Gasteiger partial charge on any atom is -0.371 e. The first-order valence-corrected chi connectivity index (χ1v) is 9.89. The maximum atomic E-state index is 13.9. The van der Waals surface area contributed by atoms with Crippen LogP contribution >= 0.6 is 0 Å². The zero-order valence-electron chi connectivity index (χ0n) is 16.4. The first-order chi connectivity index (χ1) is 14.0. The first-order valence-electron chi connectivity index (χ1n) is 9.89. The fraction of sp³-hybridized carbons (Fsp3) is 0.364. The number of benzene rings is 2. The van der Waals surface area contributed by atoms with Crippen molar-refractivity contribution in [1.29, 1.82) is 0 Å². The number of carbonyl (C=O) groups excluding carboxylic acids is 2. The molecule has 2 aromatic rings. The van der Waals surface area contributed by atoms with Crippen LogP contribution in [-0.4, -0.2) is 30.9 Å². The average Bonchev–Trinajstić information content (AvgIpc) is 3.22. The van der Waals surface area contributed by atoms with E-state index in [9.17, 15) is 18.4 Å². The lowest BCUT2D eigenvalue weighted by molar-refractivity contribution is -0.118. The summed E-state index contributed by atoms with van der Waals surface area (Å²) in [6, 6.07) is 9.49. The van der Waals surface area contributed by atoms with Crippen molar-refractivity contribution in [1.82, 2.24) is 5.32 Å². The van der Waals surface area contributed by atoms with Crippen molar-refractivity contribution in [3.8, 4) is 0 Å². The number of hydrogen-bond donors (Lipinski definition) is 2. The van der Waals surface area contributed by atoms with E-state index < -0.39 is 23.6 Å². The van der Waals surface area contributed by atoms with Crippen molar-refractivity contribution in [2.75, 3.05) is 23.3 Å². The Bertz CT molecular complexity index is 882. The van der Waals surface area contributed by atoms with Crippen molar-refractivity contribution in [2.45, 2.75) is 38.6 Å². The lowest BCUT2D eigenvalue weighted by Crippen LogP contribution is -2.44. The third-order valence-electron chi connectivity index (χ3n) is 4.96. The summed E-state index contributed by atoms with van der Waals surface area (Å²) in [7, 11) is 0. The Hall–Kier alpha value is -2.96. The van der Waals surface area contributed by atoms with Crippen LogP contribution in [0.15, 0.2) is 42.5 Å². The maximum Gasteiger partial charge on any atom is 0.254 e. The van der Waals surface area contributed by atoms with Crippen LogP contribution in [-0.2, 0) is 4.79 Å². The highest BCUT2D eigenvalue weighted by Gasteiger charge is 2.23. The Morgan fingerprint density at radius 1 is 1.10 bits per heavy atom. The monoisotopic (exact) mass is 401 g/mol. The molecule has 1 unspecified atom stereocenters. The molecule has 0 aromatic heterocycles. The molecule has 2 aromatic carbocycles. The topological polar surface area (TPSA) is 61.4 Å². The lowest BCUT2D eigenvalue weighted by atomic mass is 10.1. The van der Waals surface area contributed by atoms with E-state index >= 15 is 0 Å². The molecule has 1 atom stereocenters. The minimum absolute atomic E-state index is 0.295. The van der Waals surface area contributed by atoms with Gasteiger partial charge in [0.05, 0.1) is 5.56 Å². The molecular weight excluding hydrogens is 376 g/mol. The van der Waals surface area contributed by atoms with Crippen LogP contribution in [0.25, 0.3) is 0 Å². The summed E-state index contributed by atoms with van der Waals surface area (Å²) < 4.78 is 26.9. The van der Waals surface area contributed by atoms with Crippen molar-refractivity contribution in [3.05, 3.63) is 59.7 Å². The summed E-state index contributed by atoms with van der Waals surface area (Å²) in [6.07, 6.45) is 3.35. The van der Waals surface area contributed by atoms with Gasteiger partial charge in [-0.15, -0.1) is 0 Å². The molecular formula is C22H25F2N3O2. The fourth-order valence-electron chi connectivity index (χ4n) is 3.45. The highest BCUT2D eigenvalue weighted by Crippen LogP contribution is 2.23. The highest BCUT2D eigenvalue weighted by atomic mass is 19.1. The molecule has 0 saturated carbocycles. The van der Waals surface area contributed by atoms with E-state index in [0.29, 0.717) is 24.6 Å². The number of nitrogens with one attached hydrogen (secondary N) is 2. The Morgan fingerprint density at radius 2 is 1.86 bits per heavy atom. The van der Waals surface area contributed by atoms with Crippen LogP contribution in [0.1, 0.15) is 43.0 Å². The quantitative estimate of drug-likeness (QED) is 0.734. The number of rotatable bonds is 7. The maximum absolute atomic E-state index is 13.9. The molecule has 3 rings (SSSR count). The van der Waals surface area contributed by atoms with Crippen LogP contribution in [0.3, 0.4) is 0 Å². The zero-order valence-corrected chi connectivity index (χ0v) is 16.4. The van der Waals surface area contributed by atoms with Crippen molar-refractivity contribution >= 4 is 23.2 Å². The van der Waals surface area contributed by atoms with Gasteiger partial charge in [-0.05, 0) is 49.6 Å². The zero-order chi connectivity index (χ0) is 20.8. The summed E-state index contributed by atoms with van der Waals surface area (Å²) in [4.78, 5) is 27.4. The van der Waals surface area contributed by atoms with Crippen molar-refractivity contribution < 1.29 is 18.4 Å². The smallest absolute Gasteiger partial charge is 0.254 e. The molecule has 0 spiro atoms. The summed E-state index contributed by atoms with van der Waals surface area (Å²) in [5, 5.41) is 5.40. The Balaban J connectivity index is 1.69. The third kappa shape index (κ3) is 5.31. The molecule has 154 valence electrons. The lowest BCUT2D eigenvalue weighted by Gasteiger charge is -2.20. The van der Waals surface area contributed by atoms with Crippen LogP contribution in [0, 0.1) is 11.6 Å². The summed E-state index contributed by atoms with van der Waals surface area (Å²) in [5.74, 6) is -2.85. The van der Waals surface area contributed by atoms with E-state index in [1.165, 1.54) is 0 Å². The van der Waals surface area contributed by atoms with E-state index in [1.807, 2.05) is 25.1 Å². The van der Waals surface area contributed by atoms with Gasteiger partial charge in [-0.3, -0.25) is 9.59 Å². The standard InChI is InChI=1S/C22H25F2N3O2/c1-2-6-20(26-21(28)18-10-9-15(23)13-19(18)24)22(29)25-16-7-5-8-17(14-16)27-11-3-4-12-27/h5,7-10,13-14,20H,2-4,6,11-12H2,1H3,(H,25,29)(H,26,28). The second kappa shape index (κ2) is 9.49. The minimum atomic E-state index is -0.962. The molecule has 1 fully saturated rings. The van der Waals surface area contributed by atoms with Gasteiger partial charge in [0.25, 0.3) is 5.91 Å². The number of carbonyl (C=O) groups is 2. The first kappa shape index (κ1) is 20.8. The molecule has 1 aliphatic rings. The van der Waals surface area contributed by atoms with E-state index in [4.69, 9.17) is 0 Å². The molecule has 1 heterocycles. The van der Waals surface area contributed by atoms with Gasteiger partial charge in [0.1, 0.15) is 17.7 Å². The van der Waals surface area contributed by atoms with Gasteiger partial charge in [-0.2, -0.15) is 0 Å². The number of halogens is 2. The van der Waals surface area contributed by atoms with Crippen LogP contribution in [0.4, 0.5) is 20.2 Å². The molecule has 2 N–H and O–H groups in total. The fourth-order valence-corrected chi connectivity index (χ4v) is 3.45. The second-order valence-corrected chi connectivity index (χ2v) is 7.17. The molecule has 29 heavy (non-hydrogen) atoms. The van der Waals surface area contributed by atoms with Gasteiger partial charge in [0.2, 0.25) is 5.91 Å². The number of anilines is 2. The van der Waals surface area contributed by atoms with E-state index in [0.717, 1.165) is 43.8 Å². The predicted molar refractivity (Wildman–Crippen MR) is 109 cm³/mol. The van der Waals surface area contributed by atoms with Crippen LogP contribution < -0.4 is 15.5 Å². The summed E-state index contributed by atoms with van der Waals surface area (Å²) >= 11 is 0. The van der Waals surface area contributed by atoms with E-state index in [2.05, 4.69) is 15.5 Å². The molecule has 0 aliphatic carbocycles. The molecule has 5 nitrogen and oxygen atoms in total. The van der Waals surface area contributed by atoms with Gasteiger partial charge in [-0.1, -0.05) is 19.4 Å². The van der Waals surface area contributed by atoms with Crippen LogP contribution in [0.5, 0.6) is 0 Å². The van der Waals surface area contributed by atoms with Gasteiger partial charge >= 0.3 is 0 Å². The predicted octanol–water partition coefficient (Wildman–Crippen LogP) is 4.10. The molecule has 1 saturated heterocycles. The Morgan fingerprint density at radius 3 is 2.55 bits per heavy atom. The average molecular weight is 401 g/mol. The molecule has 0 bridgehead atoms. The molecule has 1 aliphatic heterocycles. The number of hydrogen-bond acceptors (Lipinski definition) is 3. The Kier molecular flexibility index (Phi) is 6.80. The second-order valence-electron chi connectivity index (χ2n) is 7.17. The molecule has 7 heteroatoms. The summed E-state index contributed by atoms with van der Waals surface area (Å²) in [5.41, 5.74) is 1.39. The Labute approximate surface area is 169 Å². The number of nitrogens with zero attached hydrogens (tertiary/aromatic N) is 1. The van der Waals surface area contributed by atoms with Gasteiger partial charge < -0.3 is 15.5 Å². The van der Waals surface area contributed by atoms with Crippen LogP contribution in [0.2, 0.25) is 0 Å². The largest absolute Gasteiger partial charge is 0.371 e. The van der Waals surface area contributed by atoms with E-state index in [-0.39, 0.29) is 11.5 Å². The van der Waals surface area contributed by atoms with Gasteiger partial charge in [-0.25, -0.2) is 8.78 Å². The third-order valence-corrected chi connectivity index (χ3v) is 4.96. The molecule has 2 amide bonds. The van der Waals surface area contributed by atoms with Gasteiger partial charge in [0, 0.05) is 30.5 Å². The summed E-state index contributed by atoms with van der Waals surface area (Å²) in [6.45, 7) is 3.88. The molecule has 0 radical (unpaired) electrons. The SMILES string of the molecule is CCCC(NC(=O)c1ccc(F)cc1F)C(=O)Nc1cccc(N2CCCC2)c1.